The summed E-state index contributed by atoms with van der Waals surface area (Å²) in [4.78, 5) is 11.7. The Balaban J connectivity index is 2.74. The molecule has 0 aromatic heterocycles. The van der Waals surface area contributed by atoms with Crippen molar-refractivity contribution < 1.29 is 9.53 Å². The molecule has 0 aliphatic heterocycles. The highest BCUT2D eigenvalue weighted by Gasteiger charge is 2.11. The van der Waals surface area contributed by atoms with Gasteiger partial charge in [-0.3, -0.25) is 4.79 Å². The molecule has 1 aromatic carbocycles. The average molecular weight is 276 g/mol. The number of ether oxygens (including phenoxy) is 1. The van der Waals surface area contributed by atoms with Crippen molar-refractivity contribution in [1.29, 1.82) is 0 Å². The van der Waals surface area contributed by atoms with Gasteiger partial charge in [0.1, 0.15) is 11.5 Å². The molecule has 2 heteroatoms. The number of Topliss-reactive ketones (excluding diaryl/α,β-unsaturated/α-hetero) is 1. The maximum atomic E-state index is 11.7. The van der Waals surface area contributed by atoms with E-state index in [4.69, 9.17) is 4.74 Å². The molecular weight excluding hydrogens is 248 g/mol. The van der Waals surface area contributed by atoms with E-state index in [-0.39, 0.29) is 5.92 Å². The first kappa shape index (κ1) is 16.7. The lowest BCUT2D eigenvalue weighted by molar-refractivity contribution is -0.121. The Labute approximate surface area is 123 Å². The molecule has 0 heterocycles. The van der Waals surface area contributed by atoms with Crippen LogP contribution in [0.1, 0.15) is 56.7 Å². The van der Waals surface area contributed by atoms with Crippen molar-refractivity contribution in [2.45, 2.75) is 60.3 Å². The van der Waals surface area contributed by atoms with E-state index in [0.29, 0.717) is 12.2 Å². The van der Waals surface area contributed by atoms with E-state index in [0.717, 1.165) is 31.6 Å². The number of hydrogen-bond donors (Lipinski definition) is 0. The molecule has 0 saturated carbocycles. The molecule has 0 unspecified atom stereocenters. The van der Waals surface area contributed by atoms with Crippen LogP contribution in [0.5, 0.6) is 5.75 Å². The molecule has 112 valence electrons. The number of rotatable bonds is 8. The molecule has 1 rings (SSSR count). The summed E-state index contributed by atoms with van der Waals surface area (Å²) in [5, 5.41) is 0. The van der Waals surface area contributed by atoms with Crippen LogP contribution in [0.3, 0.4) is 0 Å². The topological polar surface area (TPSA) is 26.3 Å². The first-order valence-electron chi connectivity index (χ1n) is 7.71. The molecule has 0 aliphatic carbocycles. The van der Waals surface area contributed by atoms with Gasteiger partial charge >= 0.3 is 0 Å². The van der Waals surface area contributed by atoms with Crippen LogP contribution in [0.25, 0.3) is 0 Å². The lowest BCUT2D eigenvalue weighted by Gasteiger charge is -2.15. The van der Waals surface area contributed by atoms with Gasteiger partial charge in [0.25, 0.3) is 0 Å². The summed E-state index contributed by atoms with van der Waals surface area (Å²) in [6.45, 7) is 11.0. The Hall–Kier alpha value is -1.31. The number of aryl methyl sites for hydroxylation is 3. The predicted octanol–water partition coefficient (Wildman–Crippen LogP) is 4.64. The zero-order valence-corrected chi connectivity index (χ0v) is 13.6. The van der Waals surface area contributed by atoms with Gasteiger partial charge in [-0.2, -0.15) is 0 Å². The third-order valence-corrected chi connectivity index (χ3v) is 3.46. The molecule has 2 nitrogen and oxygen atoms in total. The van der Waals surface area contributed by atoms with Crippen LogP contribution in [-0.2, 0) is 11.2 Å². The Kier molecular flexibility index (Phi) is 6.77. The van der Waals surface area contributed by atoms with Gasteiger partial charge in [-0.05, 0) is 44.2 Å². The summed E-state index contributed by atoms with van der Waals surface area (Å²) in [6, 6.07) is 4.35. The van der Waals surface area contributed by atoms with E-state index in [2.05, 4.69) is 32.9 Å². The summed E-state index contributed by atoms with van der Waals surface area (Å²) in [5.41, 5.74) is 3.70. The summed E-state index contributed by atoms with van der Waals surface area (Å²) in [7, 11) is 0. The van der Waals surface area contributed by atoms with Gasteiger partial charge in [-0.15, -0.1) is 0 Å². The zero-order chi connectivity index (χ0) is 15.1. The second-order valence-electron chi connectivity index (χ2n) is 5.89. The second-order valence-corrected chi connectivity index (χ2v) is 5.89. The highest BCUT2D eigenvalue weighted by atomic mass is 16.5. The van der Waals surface area contributed by atoms with Crippen LogP contribution < -0.4 is 4.74 Å². The molecule has 0 N–H and O–H groups in total. The highest BCUT2D eigenvalue weighted by Crippen LogP contribution is 2.27. The number of carbonyl (C=O) groups excluding carboxylic acids is 1. The molecule has 0 radical (unpaired) electrons. The fraction of sp³-hybridized carbons (Fsp3) is 0.611. The molecule has 0 spiro atoms. The molecule has 20 heavy (non-hydrogen) atoms. The van der Waals surface area contributed by atoms with Gasteiger partial charge in [0, 0.05) is 12.3 Å². The van der Waals surface area contributed by atoms with E-state index in [1.165, 1.54) is 16.7 Å². The Morgan fingerprint density at radius 2 is 1.95 bits per heavy atom. The van der Waals surface area contributed by atoms with Gasteiger partial charge in [-0.25, -0.2) is 0 Å². The highest BCUT2D eigenvalue weighted by molar-refractivity contribution is 5.80. The standard InChI is InChI=1S/C18H28O2/c1-6-10-20-18-15(5)11-14(4)12-16(18)8-7-9-17(19)13(2)3/h11-13H,6-10H2,1-5H3. The maximum Gasteiger partial charge on any atom is 0.135 e. The van der Waals surface area contributed by atoms with Crippen LogP contribution in [0.2, 0.25) is 0 Å². The third kappa shape index (κ3) is 4.99. The van der Waals surface area contributed by atoms with Crippen molar-refractivity contribution in [3.8, 4) is 5.75 Å². The minimum Gasteiger partial charge on any atom is -0.493 e. The number of benzene rings is 1. The average Bonchev–Trinajstić information content (AvgIpc) is 2.37. The van der Waals surface area contributed by atoms with E-state index in [1.807, 2.05) is 13.8 Å². The quantitative estimate of drug-likeness (QED) is 0.691. The van der Waals surface area contributed by atoms with Crippen molar-refractivity contribution in [2.24, 2.45) is 5.92 Å². The fourth-order valence-corrected chi connectivity index (χ4v) is 2.38. The monoisotopic (exact) mass is 276 g/mol. The summed E-state index contributed by atoms with van der Waals surface area (Å²) >= 11 is 0. The van der Waals surface area contributed by atoms with Gasteiger partial charge in [0.05, 0.1) is 6.61 Å². The van der Waals surface area contributed by atoms with E-state index in [9.17, 15) is 4.79 Å². The zero-order valence-electron chi connectivity index (χ0n) is 13.6. The lowest BCUT2D eigenvalue weighted by Crippen LogP contribution is -2.07. The molecule has 0 amide bonds. The SMILES string of the molecule is CCCOc1c(C)cc(C)cc1CCCC(=O)C(C)C. The Morgan fingerprint density at radius 1 is 1.25 bits per heavy atom. The Bertz CT molecular complexity index is 447. The van der Waals surface area contributed by atoms with Crippen molar-refractivity contribution in [3.63, 3.8) is 0 Å². The minimum absolute atomic E-state index is 0.144. The number of carbonyl (C=O) groups is 1. The number of ketones is 1. The molecule has 1 aromatic rings. The largest absolute Gasteiger partial charge is 0.493 e. The van der Waals surface area contributed by atoms with Gasteiger partial charge in [0.15, 0.2) is 0 Å². The van der Waals surface area contributed by atoms with Gasteiger partial charge in [-0.1, -0.05) is 38.5 Å². The molecule has 0 saturated heterocycles. The third-order valence-electron chi connectivity index (χ3n) is 3.46. The number of hydrogen-bond acceptors (Lipinski definition) is 2. The molecule has 0 bridgehead atoms. The van der Waals surface area contributed by atoms with Crippen LogP contribution in [0.15, 0.2) is 12.1 Å². The minimum atomic E-state index is 0.144. The van der Waals surface area contributed by atoms with Gasteiger partial charge in [0.2, 0.25) is 0 Å². The molecule has 0 atom stereocenters. The van der Waals surface area contributed by atoms with E-state index < -0.39 is 0 Å². The lowest BCUT2D eigenvalue weighted by atomic mass is 9.98. The van der Waals surface area contributed by atoms with Crippen molar-refractivity contribution in [2.75, 3.05) is 6.61 Å². The van der Waals surface area contributed by atoms with Crippen molar-refractivity contribution >= 4 is 5.78 Å². The van der Waals surface area contributed by atoms with E-state index in [1.54, 1.807) is 0 Å². The first-order chi connectivity index (χ1) is 9.45. The predicted molar refractivity (Wildman–Crippen MR) is 84.5 cm³/mol. The molecule has 0 fully saturated rings. The first-order valence-corrected chi connectivity index (χ1v) is 7.71. The smallest absolute Gasteiger partial charge is 0.135 e. The molecule has 0 aliphatic rings. The maximum absolute atomic E-state index is 11.7. The van der Waals surface area contributed by atoms with Crippen molar-refractivity contribution in [1.82, 2.24) is 0 Å². The normalized spacial score (nSPS) is 10.9. The summed E-state index contributed by atoms with van der Waals surface area (Å²) in [5.74, 6) is 1.52. The van der Waals surface area contributed by atoms with Crippen molar-refractivity contribution in [3.05, 3.63) is 28.8 Å². The van der Waals surface area contributed by atoms with Crippen LogP contribution in [0.4, 0.5) is 0 Å². The summed E-state index contributed by atoms with van der Waals surface area (Å²) in [6.07, 6.45) is 3.50. The van der Waals surface area contributed by atoms with Gasteiger partial charge < -0.3 is 4.74 Å². The second kappa shape index (κ2) is 8.08. The molecular formula is C18H28O2. The van der Waals surface area contributed by atoms with Crippen LogP contribution in [0, 0.1) is 19.8 Å². The Morgan fingerprint density at radius 3 is 2.55 bits per heavy atom. The van der Waals surface area contributed by atoms with Crippen LogP contribution >= 0.6 is 0 Å². The summed E-state index contributed by atoms with van der Waals surface area (Å²) < 4.78 is 5.89. The van der Waals surface area contributed by atoms with Crippen LogP contribution in [-0.4, -0.2) is 12.4 Å². The fourth-order valence-electron chi connectivity index (χ4n) is 2.38. The van der Waals surface area contributed by atoms with E-state index >= 15 is 0 Å².